The largest absolute Gasteiger partial charge is 0.481 e. The highest BCUT2D eigenvalue weighted by molar-refractivity contribution is 5.78. The van der Waals surface area contributed by atoms with E-state index in [0.29, 0.717) is 12.3 Å². The molecule has 21 heavy (non-hydrogen) atoms. The number of nitrogens with one attached hydrogen (secondary N) is 1. The van der Waals surface area contributed by atoms with E-state index in [4.69, 9.17) is 5.11 Å². The average Bonchev–Trinajstić information content (AvgIpc) is 2.74. The summed E-state index contributed by atoms with van der Waals surface area (Å²) in [6, 6.07) is 0.107. The van der Waals surface area contributed by atoms with Crippen molar-refractivity contribution >= 4 is 11.9 Å². The summed E-state index contributed by atoms with van der Waals surface area (Å²) in [5.41, 5.74) is -0.324. The number of carboxylic acid groups (broad SMARTS) is 1. The number of hydrogen-bond acceptors (Lipinski definition) is 3. The number of amides is 1. The Hall–Kier alpha value is -1.10. The van der Waals surface area contributed by atoms with Crippen LogP contribution in [0.2, 0.25) is 0 Å². The highest BCUT2D eigenvalue weighted by Gasteiger charge is 2.38. The van der Waals surface area contributed by atoms with E-state index in [1.54, 1.807) is 0 Å². The zero-order chi connectivity index (χ0) is 16.0. The number of carbonyl (C=O) groups is 2. The molecule has 0 bridgehead atoms. The van der Waals surface area contributed by atoms with Crippen LogP contribution in [0.3, 0.4) is 0 Å². The second-order valence-electron chi connectivity index (χ2n) is 7.13. The molecule has 1 aliphatic carbocycles. The van der Waals surface area contributed by atoms with Gasteiger partial charge in [-0.25, -0.2) is 0 Å². The molecule has 1 fully saturated rings. The Morgan fingerprint density at radius 2 is 1.76 bits per heavy atom. The normalized spacial score (nSPS) is 19.0. The highest BCUT2D eigenvalue weighted by Crippen LogP contribution is 2.44. The highest BCUT2D eigenvalue weighted by atomic mass is 16.4. The van der Waals surface area contributed by atoms with Gasteiger partial charge in [-0.2, -0.15) is 0 Å². The number of nitrogens with zero attached hydrogens (tertiary/aromatic N) is 1. The summed E-state index contributed by atoms with van der Waals surface area (Å²) in [5, 5.41) is 12.2. The fourth-order valence-electron chi connectivity index (χ4n) is 3.28. The quantitative estimate of drug-likeness (QED) is 0.720. The third kappa shape index (κ3) is 6.04. The van der Waals surface area contributed by atoms with Gasteiger partial charge in [-0.05, 0) is 38.3 Å². The summed E-state index contributed by atoms with van der Waals surface area (Å²) < 4.78 is 0. The lowest BCUT2D eigenvalue weighted by Gasteiger charge is -2.30. The van der Waals surface area contributed by atoms with Crippen LogP contribution in [0.5, 0.6) is 0 Å². The molecule has 0 saturated heterocycles. The van der Waals surface area contributed by atoms with Gasteiger partial charge in [-0.1, -0.05) is 26.7 Å². The zero-order valence-corrected chi connectivity index (χ0v) is 13.8. The van der Waals surface area contributed by atoms with Crippen LogP contribution >= 0.6 is 0 Å². The zero-order valence-electron chi connectivity index (χ0n) is 13.8. The van der Waals surface area contributed by atoms with E-state index in [0.717, 1.165) is 32.2 Å². The summed E-state index contributed by atoms with van der Waals surface area (Å²) in [6.07, 6.45) is 4.23. The molecule has 0 spiro atoms. The fraction of sp³-hybridized carbons (Fsp3) is 0.875. The number of hydrogen-bond donors (Lipinski definition) is 2. The van der Waals surface area contributed by atoms with Crippen molar-refractivity contribution < 1.29 is 14.7 Å². The van der Waals surface area contributed by atoms with Crippen molar-refractivity contribution in [3.05, 3.63) is 0 Å². The number of aliphatic carboxylic acids is 1. The number of likely N-dealkylation sites (N-methyl/N-ethyl adjacent to an activating group) is 1. The molecule has 0 aromatic rings. The van der Waals surface area contributed by atoms with E-state index in [-0.39, 0.29) is 23.8 Å². The first-order valence-electron chi connectivity index (χ1n) is 7.90. The van der Waals surface area contributed by atoms with E-state index >= 15 is 0 Å². The molecule has 1 rings (SSSR count). The van der Waals surface area contributed by atoms with Crippen LogP contribution in [0.15, 0.2) is 0 Å². The molecule has 1 saturated carbocycles. The van der Waals surface area contributed by atoms with Crippen LogP contribution in [0.1, 0.15) is 52.4 Å². The maximum atomic E-state index is 12.4. The van der Waals surface area contributed by atoms with Gasteiger partial charge in [0.15, 0.2) is 0 Å². The standard InChI is InChI=1S/C16H30N2O3/c1-12(2)13(11-18(3)4)17-14(19)9-16(10-15(20)21)7-5-6-8-16/h12-13H,5-11H2,1-4H3,(H,17,19)(H,20,21). The Morgan fingerprint density at radius 1 is 1.19 bits per heavy atom. The smallest absolute Gasteiger partial charge is 0.303 e. The third-order valence-corrected chi connectivity index (χ3v) is 4.44. The van der Waals surface area contributed by atoms with Crippen molar-refractivity contribution in [1.29, 1.82) is 0 Å². The molecule has 0 aliphatic heterocycles. The molecule has 5 heteroatoms. The molecule has 0 aromatic heterocycles. The second-order valence-corrected chi connectivity index (χ2v) is 7.13. The van der Waals surface area contributed by atoms with Crippen LogP contribution in [0, 0.1) is 11.3 Å². The topological polar surface area (TPSA) is 69.6 Å². The molecule has 1 atom stereocenters. The van der Waals surface area contributed by atoms with Gasteiger partial charge in [0.1, 0.15) is 0 Å². The van der Waals surface area contributed by atoms with Crippen LogP contribution in [-0.2, 0) is 9.59 Å². The minimum atomic E-state index is -0.793. The number of carbonyl (C=O) groups excluding carboxylic acids is 1. The van der Waals surface area contributed by atoms with Crippen LogP contribution in [0.25, 0.3) is 0 Å². The van der Waals surface area contributed by atoms with Gasteiger partial charge in [0.25, 0.3) is 0 Å². The van der Waals surface area contributed by atoms with Crippen molar-refractivity contribution in [2.24, 2.45) is 11.3 Å². The molecule has 122 valence electrons. The maximum absolute atomic E-state index is 12.4. The van der Waals surface area contributed by atoms with Crippen molar-refractivity contribution in [2.75, 3.05) is 20.6 Å². The molecular weight excluding hydrogens is 268 g/mol. The molecule has 2 N–H and O–H groups in total. The Morgan fingerprint density at radius 3 is 2.19 bits per heavy atom. The first-order chi connectivity index (χ1) is 9.74. The molecule has 5 nitrogen and oxygen atoms in total. The summed E-state index contributed by atoms with van der Waals surface area (Å²) >= 11 is 0. The molecule has 1 unspecified atom stereocenters. The van der Waals surface area contributed by atoms with Gasteiger partial charge in [0.2, 0.25) is 5.91 Å². The summed E-state index contributed by atoms with van der Waals surface area (Å²) in [4.78, 5) is 25.5. The number of rotatable bonds is 8. The minimum absolute atomic E-state index is 0.00120. The Balaban J connectivity index is 2.62. The average molecular weight is 298 g/mol. The Kier molecular flexibility index (Phi) is 6.65. The SMILES string of the molecule is CC(C)C(CN(C)C)NC(=O)CC1(CC(=O)O)CCCC1. The lowest BCUT2D eigenvalue weighted by molar-refractivity contribution is -0.140. The monoisotopic (exact) mass is 298 g/mol. The summed E-state index contributed by atoms with van der Waals surface area (Å²) in [6.45, 7) is 4.99. The predicted octanol–water partition coefficient (Wildman–Crippen LogP) is 2.11. The van der Waals surface area contributed by atoms with E-state index in [2.05, 4.69) is 24.1 Å². The minimum Gasteiger partial charge on any atom is -0.481 e. The molecular formula is C16H30N2O3. The van der Waals surface area contributed by atoms with E-state index in [9.17, 15) is 9.59 Å². The van der Waals surface area contributed by atoms with Crippen molar-refractivity contribution in [3.8, 4) is 0 Å². The van der Waals surface area contributed by atoms with Crippen LogP contribution < -0.4 is 5.32 Å². The molecule has 0 heterocycles. The lowest BCUT2D eigenvalue weighted by Crippen LogP contribution is -2.46. The molecule has 0 aromatic carbocycles. The fourth-order valence-corrected chi connectivity index (χ4v) is 3.28. The van der Waals surface area contributed by atoms with Crippen molar-refractivity contribution in [2.45, 2.75) is 58.4 Å². The Labute approximate surface area is 128 Å². The van der Waals surface area contributed by atoms with Gasteiger partial charge >= 0.3 is 5.97 Å². The summed E-state index contributed by atoms with van der Waals surface area (Å²) in [7, 11) is 3.98. The number of carboxylic acids is 1. The van der Waals surface area contributed by atoms with Crippen LogP contribution in [0.4, 0.5) is 0 Å². The van der Waals surface area contributed by atoms with Gasteiger partial charge in [0, 0.05) is 19.0 Å². The first-order valence-corrected chi connectivity index (χ1v) is 7.90. The summed E-state index contributed by atoms with van der Waals surface area (Å²) in [5.74, 6) is -0.438. The van der Waals surface area contributed by atoms with Crippen LogP contribution in [-0.4, -0.2) is 48.6 Å². The van der Waals surface area contributed by atoms with Gasteiger partial charge in [0.05, 0.1) is 6.42 Å². The molecule has 0 radical (unpaired) electrons. The van der Waals surface area contributed by atoms with Crippen molar-refractivity contribution in [3.63, 3.8) is 0 Å². The van der Waals surface area contributed by atoms with E-state index in [1.807, 2.05) is 14.1 Å². The van der Waals surface area contributed by atoms with Gasteiger partial charge in [-0.3, -0.25) is 9.59 Å². The molecule has 1 aliphatic rings. The Bertz CT molecular complexity index is 361. The van der Waals surface area contributed by atoms with Gasteiger partial charge < -0.3 is 15.3 Å². The predicted molar refractivity (Wildman–Crippen MR) is 83.1 cm³/mol. The van der Waals surface area contributed by atoms with E-state index < -0.39 is 5.97 Å². The third-order valence-electron chi connectivity index (χ3n) is 4.44. The molecule has 1 amide bonds. The van der Waals surface area contributed by atoms with Gasteiger partial charge in [-0.15, -0.1) is 0 Å². The lowest BCUT2D eigenvalue weighted by atomic mass is 9.79. The second kappa shape index (κ2) is 7.78. The van der Waals surface area contributed by atoms with Crippen molar-refractivity contribution in [1.82, 2.24) is 10.2 Å². The first kappa shape index (κ1) is 18.0. The maximum Gasteiger partial charge on any atom is 0.303 e. The van der Waals surface area contributed by atoms with E-state index in [1.165, 1.54) is 0 Å².